The topological polar surface area (TPSA) is 102 Å². The molecule has 1 unspecified atom stereocenters. The van der Waals surface area contributed by atoms with Crippen LogP contribution in [-0.4, -0.2) is 30.2 Å². The molecular weight excluding hydrogens is 468 g/mol. The zero-order valence-electron chi connectivity index (χ0n) is 18.6. The number of phenolic OH excluding ortho intramolecular Hbond substituents is 1. The number of para-hydroxylation sites is 1. The molecule has 5 aromatic rings. The Balaban J connectivity index is 1.62. The van der Waals surface area contributed by atoms with Crippen LogP contribution in [0.2, 0.25) is 0 Å². The smallest absolute Gasteiger partial charge is 0.297 e. The molecule has 2 aromatic heterocycles. The van der Waals surface area contributed by atoms with Crippen LogP contribution in [0, 0.1) is 0 Å². The fraction of sp³-hybridized carbons (Fsp3) is 0.115. The van der Waals surface area contributed by atoms with Gasteiger partial charge in [0, 0.05) is 0 Å². The van der Waals surface area contributed by atoms with Gasteiger partial charge < -0.3 is 19.0 Å². The predicted octanol–water partition coefficient (Wildman–Crippen LogP) is 4.88. The highest BCUT2D eigenvalue weighted by molar-refractivity contribution is 7.22. The lowest BCUT2D eigenvalue weighted by molar-refractivity contribution is 0.0971. The Labute approximate surface area is 202 Å². The highest BCUT2D eigenvalue weighted by Gasteiger charge is 2.45. The molecule has 3 aromatic carbocycles. The van der Waals surface area contributed by atoms with E-state index in [1.165, 1.54) is 29.4 Å². The number of carbonyl (C=O) groups excluding carboxylic acids is 1. The van der Waals surface area contributed by atoms with Gasteiger partial charge >= 0.3 is 0 Å². The van der Waals surface area contributed by atoms with Crippen molar-refractivity contribution in [2.45, 2.75) is 6.04 Å². The number of hydrogen-bond donors (Lipinski definition) is 1. The number of benzene rings is 3. The first kappa shape index (κ1) is 21.2. The van der Waals surface area contributed by atoms with Crippen LogP contribution < -0.4 is 19.8 Å². The van der Waals surface area contributed by atoms with Gasteiger partial charge in [-0.2, -0.15) is 0 Å². The van der Waals surface area contributed by atoms with E-state index in [1.54, 1.807) is 49.6 Å². The standard InChI is InChI=1S/C26H18N2O6S/c1-32-14-8-9-16-20(12-14)35-26(27-16)28-22(13-7-10-17(29)19(11-13)33-2)21-23(30)15-5-3-4-6-18(15)34-24(21)25(28)31/h3-12,22,29H,1-2H3. The second-order valence-corrected chi connectivity index (χ2v) is 9.02. The van der Waals surface area contributed by atoms with Crippen LogP contribution in [0.1, 0.15) is 27.7 Å². The van der Waals surface area contributed by atoms with Crippen molar-refractivity contribution in [3.63, 3.8) is 0 Å². The van der Waals surface area contributed by atoms with Crippen LogP contribution in [0.3, 0.4) is 0 Å². The van der Waals surface area contributed by atoms with Gasteiger partial charge in [0.1, 0.15) is 11.3 Å². The number of hydrogen-bond acceptors (Lipinski definition) is 8. The van der Waals surface area contributed by atoms with Gasteiger partial charge in [-0.15, -0.1) is 0 Å². The van der Waals surface area contributed by atoms with E-state index >= 15 is 0 Å². The van der Waals surface area contributed by atoms with Crippen LogP contribution >= 0.6 is 11.3 Å². The largest absolute Gasteiger partial charge is 0.504 e. The molecule has 3 heterocycles. The van der Waals surface area contributed by atoms with Crippen molar-refractivity contribution in [2.75, 3.05) is 19.1 Å². The number of nitrogens with zero attached hydrogens (tertiary/aromatic N) is 2. The Morgan fingerprint density at radius 1 is 1.03 bits per heavy atom. The summed E-state index contributed by atoms with van der Waals surface area (Å²) >= 11 is 1.31. The van der Waals surface area contributed by atoms with Gasteiger partial charge in [-0.3, -0.25) is 14.5 Å². The van der Waals surface area contributed by atoms with E-state index in [4.69, 9.17) is 13.9 Å². The van der Waals surface area contributed by atoms with Crippen LogP contribution in [0.15, 0.2) is 69.9 Å². The molecule has 6 rings (SSSR count). The quantitative estimate of drug-likeness (QED) is 0.386. The summed E-state index contributed by atoms with van der Waals surface area (Å²) in [5.41, 5.74) is 1.53. The lowest BCUT2D eigenvalue weighted by Crippen LogP contribution is -2.29. The first-order valence-electron chi connectivity index (χ1n) is 10.7. The van der Waals surface area contributed by atoms with Crippen molar-refractivity contribution >= 4 is 43.6 Å². The summed E-state index contributed by atoms with van der Waals surface area (Å²) in [6.07, 6.45) is 0. The Morgan fingerprint density at radius 3 is 2.66 bits per heavy atom. The Morgan fingerprint density at radius 2 is 1.86 bits per heavy atom. The molecule has 1 amide bonds. The molecule has 9 heteroatoms. The van der Waals surface area contributed by atoms with Gasteiger partial charge in [-0.25, -0.2) is 4.98 Å². The van der Waals surface area contributed by atoms with Crippen LogP contribution in [0.5, 0.6) is 17.2 Å². The molecule has 0 radical (unpaired) electrons. The summed E-state index contributed by atoms with van der Waals surface area (Å²) in [6, 6.07) is 16.2. The first-order chi connectivity index (χ1) is 17.0. The van der Waals surface area contributed by atoms with Crippen molar-refractivity contribution in [3.05, 3.63) is 87.8 Å². The minimum absolute atomic E-state index is 0.0254. The zero-order chi connectivity index (χ0) is 24.3. The minimum Gasteiger partial charge on any atom is -0.504 e. The highest BCUT2D eigenvalue weighted by atomic mass is 32.1. The van der Waals surface area contributed by atoms with Gasteiger partial charge in [0.25, 0.3) is 5.91 Å². The zero-order valence-corrected chi connectivity index (χ0v) is 19.5. The molecule has 0 spiro atoms. The van der Waals surface area contributed by atoms with E-state index in [9.17, 15) is 14.7 Å². The molecular formula is C26H18N2O6S. The molecule has 35 heavy (non-hydrogen) atoms. The molecule has 0 saturated carbocycles. The number of thiazole rings is 1. The van der Waals surface area contributed by atoms with Crippen molar-refractivity contribution in [1.82, 2.24) is 4.98 Å². The molecule has 0 bridgehead atoms. The van der Waals surface area contributed by atoms with Crippen LogP contribution in [0.25, 0.3) is 21.2 Å². The van der Waals surface area contributed by atoms with Crippen LogP contribution in [0.4, 0.5) is 5.13 Å². The van der Waals surface area contributed by atoms with Crippen LogP contribution in [-0.2, 0) is 0 Å². The predicted molar refractivity (Wildman–Crippen MR) is 132 cm³/mol. The van der Waals surface area contributed by atoms with E-state index in [2.05, 4.69) is 4.98 Å². The Bertz CT molecular complexity index is 1710. The fourth-order valence-corrected chi connectivity index (χ4v) is 5.44. The van der Waals surface area contributed by atoms with E-state index in [-0.39, 0.29) is 28.3 Å². The van der Waals surface area contributed by atoms with Gasteiger partial charge in [-0.05, 0) is 48.0 Å². The summed E-state index contributed by atoms with van der Waals surface area (Å²) in [5.74, 6) is 0.354. The first-order valence-corrected chi connectivity index (χ1v) is 11.5. The van der Waals surface area contributed by atoms with E-state index in [1.807, 2.05) is 12.1 Å². The number of aromatic hydroxyl groups is 1. The number of carbonyl (C=O) groups is 1. The number of rotatable bonds is 4. The Kier molecular flexibility index (Phi) is 4.75. The number of methoxy groups -OCH3 is 2. The summed E-state index contributed by atoms with van der Waals surface area (Å²) in [4.78, 5) is 33.6. The minimum atomic E-state index is -0.824. The molecule has 1 atom stereocenters. The highest BCUT2D eigenvalue weighted by Crippen LogP contribution is 2.45. The molecule has 1 aliphatic rings. The Hall–Kier alpha value is -4.37. The number of anilines is 1. The monoisotopic (exact) mass is 486 g/mol. The maximum absolute atomic E-state index is 13.8. The molecule has 174 valence electrons. The molecule has 0 fully saturated rings. The summed E-state index contributed by atoms with van der Waals surface area (Å²) in [7, 11) is 3.02. The average Bonchev–Trinajstić information content (AvgIpc) is 3.42. The molecule has 1 N–H and O–H groups in total. The lowest BCUT2D eigenvalue weighted by atomic mass is 9.98. The average molecular weight is 487 g/mol. The number of fused-ring (bicyclic) bond motifs is 3. The van der Waals surface area contributed by atoms with Gasteiger partial charge in [0.05, 0.1) is 41.4 Å². The van der Waals surface area contributed by atoms with E-state index in [0.717, 1.165) is 4.70 Å². The number of ether oxygens (including phenoxy) is 2. The fourth-order valence-electron chi connectivity index (χ4n) is 4.42. The third-order valence-corrected chi connectivity index (χ3v) is 7.11. The maximum Gasteiger partial charge on any atom is 0.297 e. The molecule has 0 aliphatic carbocycles. The third-order valence-electron chi connectivity index (χ3n) is 6.09. The second-order valence-electron chi connectivity index (χ2n) is 8.01. The lowest BCUT2D eigenvalue weighted by Gasteiger charge is -2.23. The number of amides is 1. The maximum atomic E-state index is 13.8. The number of aromatic nitrogens is 1. The summed E-state index contributed by atoms with van der Waals surface area (Å²) in [5, 5.41) is 10.9. The van der Waals surface area contributed by atoms with Crippen molar-refractivity contribution in [1.29, 1.82) is 0 Å². The van der Waals surface area contributed by atoms with Gasteiger partial charge in [0.2, 0.25) is 5.76 Å². The SMILES string of the molecule is COc1ccc2nc(N3C(=O)c4oc5ccccc5c(=O)c4C3c3ccc(O)c(OC)c3)sc2c1. The molecule has 1 aliphatic heterocycles. The van der Waals surface area contributed by atoms with Gasteiger partial charge in [0.15, 0.2) is 22.1 Å². The second kappa shape index (κ2) is 7.85. The third kappa shape index (κ3) is 3.16. The van der Waals surface area contributed by atoms with E-state index < -0.39 is 11.9 Å². The molecule has 8 nitrogen and oxygen atoms in total. The van der Waals surface area contributed by atoms with Crippen molar-refractivity contribution in [3.8, 4) is 17.2 Å². The van der Waals surface area contributed by atoms with E-state index in [0.29, 0.717) is 32.9 Å². The van der Waals surface area contributed by atoms with Crippen molar-refractivity contribution in [2.24, 2.45) is 0 Å². The molecule has 0 saturated heterocycles. The summed E-state index contributed by atoms with van der Waals surface area (Å²) in [6.45, 7) is 0. The normalized spacial score (nSPS) is 15.1. The van der Waals surface area contributed by atoms with Gasteiger partial charge in [-0.1, -0.05) is 29.5 Å². The number of phenols is 1. The summed E-state index contributed by atoms with van der Waals surface area (Å²) < 4.78 is 17.4. The van der Waals surface area contributed by atoms with Crippen molar-refractivity contribution < 1.29 is 23.8 Å².